The Labute approximate surface area is 137 Å². The highest BCUT2D eigenvalue weighted by molar-refractivity contribution is 7.89. The van der Waals surface area contributed by atoms with Gasteiger partial charge in [-0.1, -0.05) is 26.0 Å². The molecule has 0 spiro atoms. The lowest BCUT2D eigenvalue weighted by Gasteiger charge is -2.09. The fourth-order valence-corrected chi connectivity index (χ4v) is 3.07. The van der Waals surface area contributed by atoms with Crippen molar-refractivity contribution in [1.82, 2.24) is 14.7 Å². The molecule has 1 heterocycles. The van der Waals surface area contributed by atoms with Gasteiger partial charge in [0.05, 0.1) is 4.90 Å². The van der Waals surface area contributed by atoms with Gasteiger partial charge >= 0.3 is 0 Å². The Balaban J connectivity index is 1.79. The lowest BCUT2D eigenvalue weighted by Crippen LogP contribution is -2.26. The Kier molecular flexibility index (Phi) is 6.06. The van der Waals surface area contributed by atoms with Gasteiger partial charge in [0, 0.05) is 25.5 Å². The molecule has 0 aliphatic heterocycles. The standard InChI is InChI=1S/C16H22N4O2S/c1-13(2)14-5-7-15(8-6-14)23(21,22)20-12-4-11-19-16-17-9-3-10-18-16/h3,5-10,13,20H,4,11-12H2,1-2H3,(H,17,18,19). The average Bonchev–Trinajstić information content (AvgIpc) is 2.55. The van der Waals surface area contributed by atoms with Crippen LogP contribution in [-0.4, -0.2) is 31.5 Å². The normalized spacial score (nSPS) is 11.6. The molecule has 2 aromatic rings. The lowest BCUT2D eigenvalue weighted by molar-refractivity contribution is 0.580. The largest absolute Gasteiger partial charge is 0.354 e. The molecular weight excluding hydrogens is 312 g/mol. The first-order valence-corrected chi connectivity index (χ1v) is 9.08. The van der Waals surface area contributed by atoms with E-state index >= 15 is 0 Å². The summed E-state index contributed by atoms with van der Waals surface area (Å²) in [5.74, 6) is 0.922. The minimum Gasteiger partial charge on any atom is -0.354 e. The van der Waals surface area contributed by atoms with Crippen LogP contribution in [0.25, 0.3) is 0 Å². The Morgan fingerprint density at radius 1 is 1.04 bits per heavy atom. The molecule has 0 fully saturated rings. The Hall–Kier alpha value is -1.99. The van der Waals surface area contributed by atoms with Crippen LogP contribution >= 0.6 is 0 Å². The van der Waals surface area contributed by atoms with Crippen LogP contribution < -0.4 is 10.0 Å². The van der Waals surface area contributed by atoms with Gasteiger partial charge in [0.15, 0.2) is 0 Å². The maximum Gasteiger partial charge on any atom is 0.240 e. The molecule has 23 heavy (non-hydrogen) atoms. The number of aromatic nitrogens is 2. The summed E-state index contributed by atoms with van der Waals surface area (Å²) in [4.78, 5) is 8.36. The van der Waals surface area contributed by atoms with Crippen molar-refractivity contribution in [3.63, 3.8) is 0 Å². The summed E-state index contributed by atoms with van der Waals surface area (Å²) in [7, 11) is -3.46. The third kappa shape index (κ3) is 5.30. The molecule has 7 heteroatoms. The molecule has 2 rings (SSSR count). The number of rotatable bonds is 8. The van der Waals surface area contributed by atoms with Crippen molar-refractivity contribution >= 4 is 16.0 Å². The van der Waals surface area contributed by atoms with E-state index in [2.05, 4.69) is 33.9 Å². The monoisotopic (exact) mass is 334 g/mol. The molecule has 1 aromatic carbocycles. The van der Waals surface area contributed by atoms with E-state index in [1.807, 2.05) is 12.1 Å². The molecule has 0 bridgehead atoms. The van der Waals surface area contributed by atoms with E-state index in [1.54, 1.807) is 30.6 Å². The average molecular weight is 334 g/mol. The van der Waals surface area contributed by atoms with Gasteiger partial charge in [-0.05, 0) is 36.1 Å². The fraction of sp³-hybridized carbons (Fsp3) is 0.375. The first-order valence-electron chi connectivity index (χ1n) is 7.59. The summed E-state index contributed by atoms with van der Waals surface area (Å²) in [5.41, 5.74) is 1.12. The molecule has 0 saturated carbocycles. The molecule has 0 radical (unpaired) electrons. The first kappa shape index (κ1) is 17.4. The third-order valence-electron chi connectivity index (χ3n) is 3.35. The Morgan fingerprint density at radius 2 is 1.70 bits per heavy atom. The smallest absolute Gasteiger partial charge is 0.240 e. The van der Waals surface area contributed by atoms with Crippen molar-refractivity contribution in [3.05, 3.63) is 48.3 Å². The van der Waals surface area contributed by atoms with Gasteiger partial charge in [-0.25, -0.2) is 23.1 Å². The molecular formula is C16H22N4O2S. The van der Waals surface area contributed by atoms with Crippen LogP contribution in [0.4, 0.5) is 5.95 Å². The lowest BCUT2D eigenvalue weighted by atomic mass is 10.0. The van der Waals surface area contributed by atoms with E-state index in [4.69, 9.17) is 0 Å². The number of nitrogens with zero attached hydrogens (tertiary/aromatic N) is 2. The maximum absolute atomic E-state index is 12.2. The van der Waals surface area contributed by atoms with Crippen molar-refractivity contribution < 1.29 is 8.42 Å². The molecule has 0 aliphatic carbocycles. The number of nitrogens with one attached hydrogen (secondary N) is 2. The minimum absolute atomic E-state index is 0.293. The molecule has 2 N–H and O–H groups in total. The number of sulfonamides is 1. The van der Waals surface area contributed by atoms with Gasteiger partial charge in [-0.15, -0.1) is 0 Å². The number of hydrogen-bond donors (Lipinski definition) is 2. The van der Waals surface area contributed by atoms with Crippen LogP contribution in [0.3, 0.4) is 0 Å². The van der Waals surface area contributed by atoms with E-state index < -0.39 is 10.0 Å². The fourth-order valence-electron chi connectivity index (χ4n) is 2.00. The third-order valence-corrected chi connectivity index (χ3v) is 4.83. The SMILES string of the molecule is CC(C)c1ccc(S(=O)(=O)NCCCNc2ncccn2)cc1. The predicted octanol–water partition coefficient (Wildman–Crippen LogP) is 2.38. The molecule has 0 aliphatic rings. The number of benzene rings is 1. The van der Waals surface area contributed by atoms with Crippen molar-refractivity contribution in [2.45, 2.75) is 31.1 Å². The summed E-state index contributed by atoms with van der Waals surface area (Å²) in [6.45, 7) is 5.10. The second-order valence-electron chi connectivity index (χ2n) is 5.47. The van der Waals surface area contributed by atoms with Crippen LogP contribution in [0.5, 0.6) is 0 Å². The number of hydrogen-bond acceptors (Lipinski definition) is 5. The zero-order chi connectivity index (χ0) is 16.7. The van der Waals surface area contributed by atoms with Crippen molar-refractivity contribution in [2.24, 2.45) is 0 Å². The van der Waals surface area contributed by atoms with E-state index in [-0.39, 0.29) is 0 Å². The zero-order valence-corrected chi connectivity index (χ0v) is 14.2. The van der Waals surface area contributed by atoms with Crippen LogP contribution in [-0.2, 0) is 10.0 Å². The summed E-state index contributed by atoms with van der Waals surface area (Å²) >= 11 is 0. The highest BCUT2D eigenvalue weighted by Crippen LogP contribution is 2.17. The van der Waals surface area contributed by atoms with Crippen molar-refractivity contribution in [3.8, 4) is 0 Å². The minimum atomic E-state index is -3.46. The van der Waals surface area contributed by atoms with E-state index in [0.29, 0.717) is 36.3 Å². The van der Waals surface area contributed by atoms with Gasteiger partial charge in [-0.2, -0.15) is 0 Å². The van der Waals surface area contributed by atoms with Crippen LogP contribution in [0.15, 0.2) is 47.6 Å². The van der Waals surface area contributed by atoms with Gasteiger partial charge < -0.3 is 5.32 Å². The quantitative estimate of drug-likeness (QED) is 0.724. The predicted molar refractivity (Wildman–Crippen MR) is 90.9 cm³/mol. The van der Waals surface area contributed by atoms with Crippen LogP contribution in [0, 0.1) is 0 Å². The maximum atomic E-state index is 12.2. The van der Waals surface area contributed by atoms with Gasteiger partial charge in [0.2, 0.25) is 16.0 Å². The topological polar surface area (TPSA) is 84.0 Å². The van der Waals surface area contributed by atoms with Gasteiger partial charge in [0.25, 0.3) is 0 Å². The van der Waals surface area contributed by atoms with Crippen molar-refractivity contribution in [1.29, 1.82) is 0 Å². The van der Waals surface area contributed by atoms with Gasteiger partial charge in [0.1, 0.15) is 0 Å². The highest BCUT2D eigenvalue weighted by Gasteiger charge is 2.13. The van der Waals surface area contributed by atoms with Crippen LogP contribution in [0.1, 0.15) is 31.7 Å². The summed E-state index contributed by atoms with van der Waals surface area (Å²) in [6.07, 6.45) is 3.94. The molecule has 124 valence electrons. The molecule has 0 saturated heterocycles. The van der Waals surface area contributed by atoms with E-state index in [9.17, 15) is 8.42 Å². The van der Waals surface area contributed by atoms with Crippen molar-refractivity contribution in [2.75, 3.05) is 18.4 Å². The number of anilines is 1. The molecule has 6 nitrogen and oxygen atoms in total. The van der Waals surface area contributed by atoms with Gasteiger partial charge in [-0.3, -0.25) is 0 Å². The summed E-state index contributed by atoms with van der Waals surface area (Å²) in [5, 5.41) is 3.03. The first-order chi connectivity index (χ1) is 11.0. The molecule has 0 amide bonds. The molecule has 0 atom stereocenters. The highest BCUT2D eigenvalue weighted by atomic mass is 32.2. The Bertz CT molecular complexity index is 701. The van der Waals surface area contributed by atoms with E-state index in [1.165, 1.54) is 0 Å². The molecule has 0 unspecified atom stereocenters. The molecule has 1 aromatic heterocycles. The zero-order valence-electron chi connectivity index (χ0n) is 13.4. The van der Waals surface area contributed by atoms with Crippen LogP contribution in [0.2, 0.25) is 0 Å². The second kappa shape index (κ2) is 8.03. The Morgan fingerprint density at radius 3 is 2.30 bits per heavy atom. The summed E-state index contributed by atoms with van der Waals surface area (Å²) < 4.78 is 27.0. The summed E-state index contributed by atoms with van der Waals surface area (Å²) in [6, 6.07) is 8.74. The second-order valence-corrected chi connectivity index (χ2v) is 7.24. The van der Waals surface area contributed by atoms with E-state index in [0.717, 1.165) is 5.56 Å².